The van der Waals surface area contributed by atoms with E-state index in [0.717, 1.165) is 6.42 Å². The summed E-state index contributed by atoms with van der Waals surface area (Å²) in [5.74, 6) is 0.859. The molecule has 0 fully saturated rings. The first-order valence-electron chi connectivity index (χ1n) is 9.40. The lowest BCUT2D eigenvalue weighted by atomic mass is 9.65. The number of benzene rings is 1. The minimum Gasteiger partial charge on any atom is -0.269 e. The SMILES string of the molecule is CC(C)c1cccc2c1[C@@H](N1C(=O)C=CC1=O)CC2(C(C)C)C(C)C. The Labute approximate surface area is 151 Å². The van der Waals surface area contributed by atoms with E-state index < -0.39 is 0 Å². The van der Waals surface area contributed by atoms with Gasteiger partial charge in [0.25, 0.3) is 11.8 Å². The van der Waals surface area contributed by atoms with Crippen molar-refractivity contribution in [2.24, 2.45) is 11.8 Å². The molecule has 0 N–H and O–H groups in total. The molecule has 0 spiro atoms. The van der Waals surface area contributed by atoms with Gasteiger partial charge in [-0.3, -0.25) is 14.5 Å². The quantitative estimate of drug-likeness (QED) is 0.744. The number of nitrogens with zero attached hydrogens (tertiary/aromatic N) is 1. The third-order valence-electron chi connectivity index (χ3n) is 6.34. The summed E-state index contributed by atoms with van der Waals surface area (Å²) in [4.78, 5) is 26.3. The van der Waals surface area contributed by atoms with Crippen LogP contribution in [-0.4, -0.2) is 16.7 Å². The topological polar surface area (TPSA) is 37.4 Å². The highest BCUT2D eigenvalue weighted by Gasteiger charge is 2.52. The lowest BCUT2D eigenvalue weighted by Crippen LogP contribution is -2.39. The predicted octanol–water partition coefficient (Wildman–Crippen LogP) is 4.73. The maximum Gasteiger partial charge on any atom is 0.254 e. The van der Waals surface area contributed by atoms with Crippen LogP contribution in [0.1, 0.15) is 76.6 Å². The normalized spacial score (nSPS) is 22.0. The van der Waals surface area contributed by atoms with Gasteiger partial charge in [0.15, 0.2) is 0 Å². The maximum absolute atomic E-state index is 12.4. The molecule has 1 aliphatic carbocycles. The van der Waals surface area contributed by atoms with Crippen molar-refractivity contribution in [2.45, 2.75) is 65.3 Å². The van der Waals surface area contributed by atoms with E-state index in [9.17, 15) is 9.59 Å². The number of carbonyl (C=O) groups is 2. The zero-order valence-corrected chi connectivity index (χ0v) is 16.2. The molecule has 1 aliphatic heterocycles. The molecule has 0 saturated heterocycles. The molecule has 0 bridgehead atoms. The van der Waals surface area contributed by atoms with Crippen molar-refractivity contribution in [1.82, 2.24) is 4.90 Å². The maximum atomic E-state index is 12.4. The largest absolute Gasteiger partial charge is 0.269 e. The molecule has 0 saturated carbocycles. The molecule has 3 heteroatoms. The smallest absolute Gasteiger partial charge is 0.254 e. The molecule has 134 valence electrons. The number of rotatable bonds is 4. The van der Waals surface area contributed by atoms with Crippen LogP contribution in [0.25, 0.3) is 0 Å². The molecule has 1 atom stereocenters. The highest BCUT2D eigenvalue weighted by atomic mass is 16.2. The summed E-state index contributed by atoms with van der Waals surface area (Å²) in [6.07, 6.45) is 3.63. The van der Waals surface area contributed by atoms with E-state index in [1.165, 1.54) is 33.7 Å². The van der Waals surface area contributed by atoms with Gasteiger partial charge in [0.2, 0.25) is 0 Å². The van der Waals surface area contributed by atoms with E-state index in [-0.39, 0.29) is 23.3 Å². The van der Waals surface area contributed by atoms with Crippen molar-refractivity contribution < 1.29 is 9.59 Å². The molecule has 2 amide bonds. The molecule has 0 unspecified atom stereocenters. The van der Waals surface area contributed by atoms with Gasteiger partial charge in [-0.05, 0) is 40.9 Å². The molecule has 0 radical (unpaired) electrons. The van der Waals surface area contributed by atoms with Gasteiger partial charge in [-0.2, -0.15) is 0 Å². The summed E-state index contributed by atoms with van der Waals surface area (Å²) in [5, 5.41) is 0. The van der Waals surface area contributed by atoms with Crippen LogP contribution in [0.4, 0.5) is 0 Å². The van der Waals surface area contributed by atoms with Crippen LogP contribution < -0.4 is 0 Å². The second-order valence-electron chi connectivity index (χ2n) is 8.41. The Kier molecular flexibility index (Phi) is 4.38. The second-order valence-corrected chi connectivity index (χ2v) is 8.41. The summed E-state index contributed by atoms with van der Waals surface area (Å²) < 4.78 is 0. The van der Waals surface area contributed by atoms with Crippen molar-refractivity contribution in [3.63, 3.8) is 0 Å². The molecule has 25 heavy (non-hydrogen) atoms. The number of amides is 2. The van der Waals surface area contributed by atoms with Crippen molar-refractivity contribution in [2.75, 3.05) is 0 Å². The Bertz CT molecular complexity index is 716. The van der Waals surface area contributed by atoms with Crippen molar-refractivity contribution in [3.05, 3.63) is 47.0 Å². The second kappa shape index (κ2) is 6.12. The number of hydrogen-bond acceptors (Lipinski definition) is 2. The highest BCUT2D eigenvalue weighted by Crippen LogP contribution is 2.57. The molecular formula is C22H29NO2. The van der Waals surface area contributed by atoms with E-state index in [0.29, 0.717) is 17.8 Å². The Morgan fingerprint density at radius 1 is 0.960 bits per heavy atom. The standard InChI is InChI=1S/C22H29NO2/c1-13(2)16-8-7-9-17-21(16)18(23-19(24)10-11-20(23)25)12-22(17,14(3)4)15(5)6/h7-11,13-15,18H,12H2,1-6H3/t18-/m0/s1. The summed E-state index contributed by atoms with van der Waals surface area (Å²) in [7, 11) is 0. The van der Waals surface area contributed by atoms with Crippen LogP contribution in [0, 0.1) is 11.8 Å². The molecule has 3 nitrogen and oxygen atoms in total. The fourth-order valence-corrected chi connectivity index (χ4v) is 5.10. The molecule has 1 aromatic carbocycles. The zero-order valence-electron chi connectivity index (χ0n) is 16.2. The number of fused-ring (bicyclic) bond motifs is 1. The fraction of sp³-hybridized carbons (Fsp3) is 0.545. The van der Waals surface area contributed by atoms with Crippen molar-refractivity contribution in [1.29, 1.82) is 0 Å². The number of imide groups is 1. The van der Waals surface area contributed by atoms with Crippen LogP contribution in [-0.2, 0) is 15.0 Å². The van der Waals surface area contributed by atoms with Gasteiger partial charge in [-0.15, -0.1) is 0 Å². The Morgan fingerprint density at radius 3 is 2.00 bits per heavy atom. The van der Waals surface area contributed by atoms with E-state index in [4.69, 9.17) is 0 Å². The molecule has 2 aliphatic rings. The first-order chi connectivity index (χ1) is 11.7. The average Bonchev–Trinajstić information content (AvgIpc) is 3.05. The first kappa shape index (κ1) is 17.9. The van der Waals surface area contributed by atoms with Crippen LogP contribution >= 0.6 is 0 Å². The minimum atomic E-state index is -0.178. The predicted molar refractivity (Wildman–Crippen MR) is 100 cm³/mol. The Morgan fingerprint density at radius 2 is 1.52 bits per heavy atom. The van der Waals surface area contributed by atoms with Gasteiger partial charge in [0.1, 0.15) is 0 Å². The van der Waals surface area contributed by atoms with Crippen LogP contribution in [0.5, 0.6) is 0 Å². The van der Waals surface area contributed by atoms with E-state index in [1.807, 2.05) is 0 Å². The summed E-state index contributed by atoms with van der Waals surface area (Å²) in [6, 6.07) is 6.36. The Balaban J connectivity index is 2.26. The molecule has 1 heterocycles. The van der Waals surface area contributed by atoms with Gasteiger partial charge in [-0.25, -0.2) is 0 Å². The fourth-order valence-electron chi connectivity index (χ4n) is 5.10. The number of carbonyl (C=O) groups excluding carboxylic acids is 2. The van der Waals surface area contributed by atoms with E-state index >= 15 is 0 Å². The van der Waals surface area contributed by atoms with Crippen molar-refractivity contribution >= 4 is 11.8 Å². The lowest BCUT2D eigenvalue weighted by molar-refractivity contribution is -0.140. The third-order valence-corrected chi connectivity index (χ3v) is 6.34. The van der Waals surface area contributed by atoms with Crippen molar-refractivity contribution in [3.8, 4) is 0 Å². The number of hydrogen-bond donors (Lipinski definition) is 0. The van der Waals surface area contributed by atoms with Crippen LogP contribution in [0.2, 0.25) is 0 Å². The van der Waals surface area contributed by atoms with E-state index in [2.05, 4.69) is 59.7 Å². The zero-order chi connectivity index (χ0) is 18.5. The van der Waals surface area contributed by atoms with Gasteiger partial charge in [-0.1, -0.05) is 59.7 Å². The van der Waals surface area contributed by atoms with Gasteiger partial charge in [0, 0.05) is 17.6 Å². The molecule has 0 aromatic heterocycles. The summed E-state index contributed by atoms with van der Waals surface area (Å²) in [5.41, 5.74) is 3.79. The van der Waals surface area contributed by atoms with Crippen LogP contribution in [0.3, 0.4) is 0 Å². The van der Waals surface area contributed by atoms with E-state index in [1.54, 1.807) is 0 Å². The van der Waals surface area contributed by atoms with Gasteiger partial charge >= 0.3 is 0 Å². The van der Waals surface area contributed by atoms with Gasteiger partial charge < -0.3 is 0 Å². The van der Waals surface area contributed by atoms with Gasteiger partial charge in [0.05, 0.1) is 6.04 Å². The lowest BCUT2D eigenvalue weighted by Gasteiger charge is -2.39. The summed E-state index contributed by atoms with van der Waals surface area (Å²) in [6.45, 7) is 13.4. The monoisotopic (exact) mass is 339 g/mol. The minimum absolute atomic E-state index is 0.0198. The first-order valence-corrected chi connectivity index (χ1v) is 9.40. The molecule has 1 aromatic rings. The van der Waals surface area contributed by atoms with Crippen LogP contribution in [0.15, 0.2) is 30.4 Å². The Hall–Kier alpha value is -1.90. The average molecular weight is 339 g/mol. The summed E-state index contributed by atoms with van der Waals surface area (Å²) >= 11 is 0. The molecular weight excluding hydrogens is 310 g/mol. The highest BCUT2D eigenvalue weighted by molar-refractivity contribution is 6.13. The third kappa shape index (κ3) is 2.47. The molecule has 3 rings (SSSR count).